The minimum Gasteiger partial charge on any atom is -0.492 e. The van der Waals surface area contributed by atoms with Crippen molar-refractivity contribution in [3.8, 4) is 28.4 Å². The highest BCUT2D eigenvalue weighted by atomic mass is 16.5. The number of nitrogens with zero attached hydrogens (tertiary/aromatic N) is 9. The molecule has 11 heteroatoms. The van der Waals surface area contributed by atoms with Gasteiger partial charge in [-0.15, -0.1) is 15.3 Å². The summed E-state index contributed by atoms with van der Waals surface area (Å²) in [5, 5.41) is 23.6. The summed E-state index contributed by atoms with van der Waals surface area (Å²) in [6, 6.07) is 5.58. The Morgan fingerprint density at radius 3 is 2.66 bits per heavy atom. The molecule has 0 saturated carbocycles. The van der Waals surface area contributed by atoms with Crippen LogP contribution in [-0.4, -0.2) is 62.1 Å². The van der Waals surface area contributed by atoms with Crippen LogP contribution < -0.4 is 9.64 Å². The Hall–Kier alpha value is -4.02. The van der Waals surface area contributed by atoms with Crippen molar-refractivity contribution >= 4 is 17.8 Å². The van der Waals surface area contributed by atoms with E-state index in [1.165, 1.54) is 0 Å². The molecular formula is C18H17N9O2. The molecule has 0 aromatic carbocycles. The molecule has 0 spiro atoms. The van der Waals surface area contributed by atoms with Gasteiger partial charge in [0.05, 0.1) is 12.7 Å². The van der Waals surface area contributed by atoms with Gasteiger partial charge in [-0.05, 0) is 24.6 Å². The Labute approximate surface area is 165 Å². The molecule has 1 aliphatic rings. The number of anilines is 1. The minimum absolute atomic E-state index is 0.460. The lowest BCUT2D eigenvalue weighted by Crippen LogP contribution is -2.26. The van der Waals surface area contributed by atoms with Crippen LogP contribution in [0.1, 0.15) is 5.76 Å². The molecule has 1 aliphatic heterocycles. The Morgan fingerprint density at radius 2 is 2.00 bits per heavy atom. The number of hydrogen-bond acceptors (Lipinski definition) is 10. The van der Waals surface area contributed by atoms with Crippen molar-refractivity contribution in [2.24, 2.45) is 5.10 Å². The third-order valence-electron chi connectivity index (χ3n) is 4.54. The number of aromatic nitrogens is 6. The van der Waals surface area contributed by atoms with Crippen LogP contribution in [0.15, 0.2) is 40.2 Å². The summed E-state index contributed by atoms with van der Waals surface area (Å²) < 4.78 is 12.6. The first-order valence-electron chi connectivity index (χ1n) is 8.85. The van der Waals surface area contributed by atoms with Gasteiger partial charge in [-0.25, -0.2) is 0 Å². The average molecular weight is 391 g/mol. The summed E-state index contributed by atoms with van der Waals surface area (Å²) in [5.41, 5.74) is 2.69. The molecule has 0 atom stereocenters. The minimum atomic E-state index is 0.460. The Kier molecular flexibility index (Phi) is 3.86. The van der Waals surface area contributed by atoms with E-state index in [-0.39, 0.29) is 0 Å². The van der Waals surface area contributed by atoms with Gasteiger partial charge in [0.15, 0.2) is 17.3 Å². The number of aryl methyl sites for hydroxylation is 1. The van der Waals surface area contributed by atoms with Crippen LogP contribution in [0.3, 0.4) is 0 Å². The van der Waals surface area contributed by atoms with Gasteiger partial charge in [0.25, 0.3) is 0 Å². The smallest absolute Gasteiger partial charge is 0.221 e. The second kappa shape index (κ2) is 6.55. The summed E-state index contributed by atoms with van der Waals surface area (Å²) in [5.74, 6) is 2.32. The predicted molar refractivity (Wildman–Crippen MR) is 104 cm³/mol. The highest BCUT2D eigenvalue weighted by Crippen LogP contribution is 2.40. The molecule has 0 fully saturated rings. The SMILES string of the molecule is COc1c(-c2ccncc2)c(N2C=NN(C)C2)nn2c(-c3cc(C)on3)nnc12. The van der Waals surface area contributed by atoms with Crippen LogP contribution in [0, 0.1) is 6.92 Å². The molecule has 5 rings (SSSR count). The lowest BCUT2D eigenvalue weighted by atomic mass is 10.1. The van der Waals surface area contributed by atoms with Gasteiger partial charge in [0.1, 0.15) is 18.8 Å². The fraction of sp³-hybridized carbons (Fsp3) is 0.222. The molecule has 0 N–H and O–H groups in total. The van der Waals surface area contributed by atoms with Crippen molar-refractivity contribution in [2.45, 2.75) is 6.92 Å². The maximum atomic E-state index is 5.78. The summed E-state index contributed by atoms with van der Waals surface area (Å²) in [6.07, 6.45) is 5.17. The maximum absolute atomic E-state index is 5.78. The first kappa shape index (κ1) is 17.1. The molecule has 5 heterocycles. The predicted octanol–water partition coefficient (Wildman–Crippen LogP) is 1.81. The Balaban J connectivity index is 1.81. The second-order valence-electron chi connectivity index (χ2n) is 6.55. The van der Waals surface area contributed by atoms with E-state index in [0.717, 1.165) is 11.1 Å². The van der Waals surface area contributed by atoms with Gasteiger partial charge in [0.2, 0.25) is 11.5 Å². The van der Waals surface area contributed by atoms with E-state index in [4.69, 9.17) is 14.4 Å². The number of fused-ring (bicyclic) bond motifs is 1. The third-order valence-corrected chi connectivity index (χ3v) is 4.54. The fourth-order valence-electron chi connectivity index (χ4n) is 3.24. The molecule has 0 aliphatic carbocycles. The molecule has 4 aromatic heterocycles. The third kappa shape index (κ3) is 2.74. The van der Waals surface area contributed by atoms with E-state index in [2.05, 4.69) is 25.4 Å². The zero-order valence-electron chi connectivity index (χ0n) is 16.0. The number of ether oxygens (including phenoxy) is 1. The summed E-state index contributed by atoms with van der Waals surface area (Å²) in [7, 11) is 3.49. The van der Waals surface area contributed by atoms with Gasteiger partial charge >= 0.3 is 0 Å². The van der Waals surface area contributed by atoms with Gasteiger partial charge < -0.3 is 9.26 Å². The van der Waals surface area contributed by atoms with E-state index >= 15 is 0 Å². The van der Waals surface area contributed by atoms with Gasteiger partial charge in [-0.2, -0.15) is 9.62 Å². The average Bonchev–Trinajstić information content (AvgIpc) is 3.46. The largest absolute Gasteiger partial charge is 0.492 e. The molecule has 4 aromatic rings. The lowest BCUT2D eigenvalue weighted by Gasteiger charge is -2.20. The molecule has 11 nitrogen and oxygen atoms in total. The second-order valence-corrected chi connectivity index (χ2v) is 6.55. The quantitative estimate of drug-likeness (QED) is 0.514. The van der Waals surface area contributed by atoms with Crippen LogP contribution in [0.25, 0.3) is 28.3 Å². The van der Waals surface area contributed by atoms with Crippen LogP contribution in [0.4, 0.5) is 5.82 Å². The number of methoxy groups -OCH3 is 1. The molecule has 0 saturated heterocycles. The summed E-state index contributed by atoms with van der Waals surface area (Å²) in [6.45, 7) is 2.36. The van der Waals surface area contributed by atoms with Crippen molar-refractivity contribution in [2.75, 3.05) is 25.7 Å². The summed E-state index contributed by atoms with van der Waals surface area (Å²) >= 11 is 0. The number of pyridine rings is 1. The van der Waals surface area contributed by atoms with E-state index in [9.17, 15) is 0 Å². The van der Waals surface area contributed by atoms with E-state index < -0.39 is 0 Å². The van der Waals surface area contributed by atoms with Crippen molar-refractivity contribution in [3.05, 3.63) is 36.4 Å². The maximum Gasteiger partial charge on any atom is 0.221 e. The van der Waals surface area contributed by atoms with Crippen LogP contribution >= 0.6 is 0 Å². The zero-order chi connectivity index (χ0) is 20.0. The van der Waals surface area contributed by atoms with Gasteiger partial charge in [0, 0.05) is 25.5 Å². The van der Waals surface area contributed by atoms with E-state index in [0.29, 0.717) is 41.2 Å². The normalized spacial score (nSPS) is 13.6. The molecular weight excluding hydrogens is 374 g/mol. The molecule has 0 amide bonds. The van der Waals surface area contributed by atoms with E-state index in [1.807, 2.05) is 36.0 Å². The first-order valence-corrected chi connectivity index (χ1v) is 8.85. The topological polar surface area (TPSA) is 110 Å². The van der Waals surface area contributed by atoms with E-state index in [1.54, 1.807) is 36.4 Å². The van der Waals surface area contributed by atoms with Gasteiger partial charge in [-0.1, -0.05) is 5.16 Å². The first-order chi connectivity index (χ1) is 14.2. The fourth-order valence-corrected chi connectivity index (χ4v) is 3.24. The van der Waals surface area contributed by atoms with Crippen molar-refractivity contribution in [3.63, 3.8) is 0 Å². The molecule has 0 radical (unpaired) electrons. The molecule has 29 heavy (non-hydrogen) atoms. The zero-order valence-corrected chi connectivity index (χ0v) is 16.0. The van der Waals surface area contributed by atoms with Crippen molar-refractivity contribution in [1.29, 1.82) is 0 Å². The highest BCUT2D eigenvalue weighted by molar-refractivity contribution is 5.92. The highest BCUT2D eigenvalue weighted by Gasteiger charge is 2.27. The number of hydrogen-bond donors (Lipinski definition) is 0. The molecule has 0 unspecified atom stereocenters. The van der Waals surface area contributed by atoms with Gasteiger partial charge in [-0.3, -0.25) is 14.9 Å². The number of rotatable bonds is 4. The molecule has 146 valence electrons. The van der Waals surface area contributed by atoms with Crippen molar-refractivity contribution < 1.29 is 9.26 Å². The number of hydrazone groups is 1. The molecule has 0 bridgehead atoms. The van der Waals surface area contributed by atoms with Crippen LogP contribution in [0.5, 0.6) is 5.75 Å². The Morgan fingerprint density at radius 1 is 1.17 bits per heavy atom. The van der Waals surface area contributed by atoms with Crippen molar-refractivity contribution in [1.82, 2.24) is 35.0 Å². The monoisotopic (exact) mass is 391 g/mol. The van der Waals surface area contributed by atoms with Crippen LogP contribution in [-0.2, 0) is 0 Å². The lowest BCUT2D eigenvalue weighted by molar-refractivity contribution is 0.391. The standard InChI is InChI=1S/C18H17N9O2/c1-11-8-13(24-29-11)16-21-22-18-15(28-3)14(12-4-6-19-7-5-12)17(23-27(16)18)26-9-20-25(2)10-26/h4-9H,10H2,1-3H3. The van der Waals surface area contributed by atoms with Crippen LogP contribution in [0.2, 0.25) is 0 Å². The summed E-state index contributed by atoms with van der Waals surface area (Å²) in [4.78, 5) is 6.04. The Bertz CT molecular complexity index is 1220.